The molecule has 0 amide bonds. The molecule has 0 aliphatic heterocycles. The number of anilines is 10. The molecule has 2 aromatic heterocycles. The number of aliphatic hydroxyl groups is 4. The summed E-state index contributed by atoms with van der Waals surface area (Å²) in [4.78, 5) is 25.7. The lowest BCUT2D eigenvalue weighted by Crippen LogP contribution is -2.41. The van der Waals surface area contributed by atoms with Gasteiger partial charge in [0.2, 0.25) is 55.7 Å². The minimum atomic E-state index is -5.04. The first-order valence-electron chi connectivity index (χ1n) is 20.5. The Morgan fingerprint density at radius 3 is 0.958 bits per heavy atom. The van der Waals surface area contributed by atoms with Crippen molar-refractivity contribution in [3.05, 3.63) is 96.1 Å². The van der Waals surface area contributed by atoms with E-state index in [1.807, 2.05) is 0 Å². The van der Waals surface area contributed by atoms with E-state index in [4.69, 9.17) is 10.3 Å². The number of nitrogens with two attached hydrogens (primary N) is 2. The average Bonchev–Trinajstić information content (AvgIpc) is 3.24. The molecule has 0 saturated carbocycles. The Bertz CT molecular complexity index is 3220. The fourth-order valence-corrected chi connectivity index (χ4v) is 9.03. The van der Waals surface area contributed by atoms with Gasteiger partial charge in [-0.1, -0.05) is 24.3 Å². The smallest absolute Gasteiger partial charge is 0.295 e. The summed E-state index contributed by atoms with van der Waals surface area (Å²) in [5.41, 5.74) is 0.0976. The van der Waals surface area contributed by atoms with Gasteiger partial charge >= 0.3 is 0 Å². The summed E-state index contributed by atoms with van der Waals surface area (Å²) in [5.74, 6) is -1.53. The molecule has 2 heterocycles. The number of primary sulfonamides is 2. The topological polar surface area (TPSA) is 442 Å². The highest BCUT2D eigenvalue weighted by molar-refractivity contribution is 7.89. The summed E-state index contributed by atoms with van der Waals surface area (Å²) in [6.07, 6.45) is -3.14. The quantitative estimate of drug-likeness (QED) is 0.0295. The molecule has 0 spiro atoms. The van der Waals surface area contributed by atoms with Gasteiger partial charge in [0.1, 0.15) is 34.7 Å². The number of hydrogen-bond acceptors (Lipinski definition) is 24. The molecule has 0 saturated heterocycles. The Labute approximate surface area is 411 Å². The highest BCUT2D eigenvalue weighted by Crippen LogP contribution is 2.30. The van der Waals surface area contributed by atoms with Gasteiger partial charge in [-0.2, -0.15) is 46.7 Å². The van der Waals surface area contributed by atoms with Crippen molar-refractivity contribution in [2.75, 3.05) is 31.1 Å². The number of sulfonamides is 2. The van der Waals surface area contributed by atoms with Gasteiger partial charge in [0, 0.05) is 22.7 Å². The zero-order chi connectivity index (χ0) is 53.1. The molecule has 4 aromatic carbocycles. The zero-order valence-corrected chi connectivity index (χ0v) is 41.1. The number of rotatable bonds is 20. The van der Waals surface area contributed by atoms with E-state index in [-0.39, 0.29) is 79.4 Å². The van der Waals surface area contributed by atoms with E-state index in [0.717, 1.165) is 34.1 Å². The Kier molecular flexibility index (Phi) is 16.1. The van der Waals surface area contributed by atoms with E-state index in [9.17, 15) is 63.2 Å². The fourth-order valence-electron chi connectivity index (χ4n) is 6.58. The third-order valence-electron chi connectivity index (χ3n) is 9.74. The standard InChI is InChI=1S/C40H46N14O14S4/c1-21(55)53(22(2)56)39-49-35(43-27-11-15-31(16-12-27)69(41,59)60)47-37(51-39)45-29-9-7-25(33(19-29)71(63,64)65)5-6-26-8-10-30(20-34(26)72(66,67)68)46-38-48-36(50-40(52-38)54(23(3)57)24(4)58)44-28-13-17-32(18-14-28)70(42,61)62/h5-24,55-58H,1-4H3,(H2,41,59,60)(H2,42,61,62)(H,63,64,65)(H,66,67,68)(H2,43,45,47,49,51)(H2,44,46,48,50,52). The summed E-state index contributed by atoms with van der Waals surface area (Å²) in [5, 5.41) is 63.3. The summed E-state index contributed by atoms with van der Waals surface area (Å²) >= 11 is 0. The van der Waals surface area contributed by atoms with Crippen molar-refractivity contribution < 1.29 is 63.2 Å². The number of hydrogen-bond donors (Lipinski definition) is 12. The van der Waals surface area contributed by atoms with Crippen LogP contribution in [0.4, 0.5) is 58.4 Å². The second-order valence-electron chi connectivity index (χ2n) is 15.3. The Hall–Kier alpha value is -7.08. The zero-order valence-electron chi connectivity index (χ0n) is 37.9. The fraction of sp³-hybridized carbons (Fsp3) is 0.200. The Balaban J connectivity index is 1.32. The largest absolute Gasteiger partial charge is 0.374 e. The van der Waals surface area contributed by atoms with Crippen LogP contribution in [0.15, 0.2) is 105 Å². The molecule has 0 aliphatic carbocycles. The van der Waals surface area contributed by atoms with E-state index >= 15 is 0 Å². The molecule has 6 aromatic rings. The molecular weight excluding hydrogens is 1030 g/mol. The van der Waals surface area contributed by atoms with Gasteiger partial charge in [-0.3, -0.25) is 18.9 Å². The van der Waals surface area contributed by atoms with Crippen LogP contribution in [0, 0.1) is 0 Å². The molecule has 72 heavy (non-hydrogen) atoms. The Morgan fingerprint density at radius 1 is 0.444 bits per heavy atom. The van der Waals surface area contributed by atoms with Gasteiger partial charge in [0.25, 0.3) is 20.2 Å². The van der Waals surface area contributed by atoms with Crippen LogP contribution in [0.1, 0.15) is 38.8 Å². The highest BCUT2D eigenvalue weighted by atomic mass is 32.2. The van der Waals surface area contributed by atoms with Gasteiger partial charge in [-0.05, 0) is 112 Å². The summed E-state index contributed by atoms with van der Waals surface area (Å²) in [6.45, 7) is 5.28. The van der Waals surface area contributed by atoms with Gasteiger partial charge < -0.3 is 41.7 Å². The second kappa shape index (κ2) is 21.3. The number of aliphatic hydroxyl groups excluding tert-OH is 4. The minimum Gasteiger partial charge on any atom is -0.374 e. The van der Waals surface area contributed by atoms with Crippen molar-refractivity contribution in [1.82, 2.24) is 29.9 Å². The first kappa shape index (κ1) is 54.3. The maximum absolute atomic E-state index is 12.8. The molecule has 6 rings (SSSR count). The number of benzene rings is 4. The molecule has 0 fully saturated rings. The van der Waals surface area contributed by atoms with E-state index in [1.165, 1.54) is 100 Å². The molecule has 4 atom stereocenters. The van der Waals surface area contributed by atoms with Gasteiger partial charge in [0.15, 0.2) is 0 Å². The van der Waals surface area contributed by atoms with E-state index in [1.54, 1.807) is 0 Å². The molecule has 32 heteroatoms. The van der Waals surface area contributed by atoms with Crippen LogP contribution >= 0.6 is 0 Å². The van der Waals surface area contributed by atoms with Crippen molar-refractivity contribution >= 4 is 111 Å². The lowest BCUT2D eigenvalue weighted by atomic mass is 10.1. The van der Waals surface area contributed by atoms with E-state index in [0.29, 0.717) is 0 Å². The predicted molar refractivity (Wildman–Crippen MR) is 262 cm³/mol. The second-order valence-corrected chi connectivity index (χ2v) is 21.2. The van der Waals surface area contributed by atoms with Crippen molar-refractivity contribution in [2.45, 2.75) is 72.2 Å². The monoisotopic (exact) mass is 1070 g/mol. The molecular formula is C40H46N14O14S4. The highest BCUT2D eigenvalue weighted by Gasteiger charge is 2.25. The van der Waals surface area contributed by atoms with Crippen LogP contribution in [-0.4, -0.2) is 118 Å². The number of aromatic nitrogens is 6. The number of nitrogens with zero attached hydrogens (tertiary/aromatic N) is 8. The predicted octanol–water partition coefficient (Wildman–Crippen LogP) is 1.96. The van der Waals surface area contributed by atoms with Crippen molar-refractivity contribution in [1.29, 1.82) is 0 Å². The van der Waals surface area contributed by atoms with Crippen molar-refractivity contribution in [2.24, 2.45) is 10.3 Å². The van der Waals surface area contributed by atoms with E-state index in [2.05, 4.69) is 51.2 Å². The lowest BCUT2D eigenvalue weighted by Gasteiger charge is -2.28. The molecule has 0 radical (unpaired) electrons. The maximum Gasteiger partial charge on any atom is 0.295 e. The molecule has 384 valence electrons. The normalized spacial score (nSPS) is 14.0. The van der Waals surface area contributed by atoms with Crippen LogP contribution < -0.4 is 41.3 Å². The third-order valence-corrected chi connectivity index (χ3v) is 13.4. The number of nitrogens with one attached hydrogen (secondary N) is 4. The van der Waals surface area contributed by atoms with Crippen LogP contribution in [0.25, 0.3) is 12.2 Å². The SMILES string of the molecule is CC(O)N(c1nc(Nc2ccc(S(N)(=O)=O)cc2)nc(Nc2ccc(C=Cc3ccc(Nc4nc(Nc5ccc(S(N)(=O)=O)cc5)nc(N(C(C)O)C(C)O)n4)cc3S(=O)(=O)O)c(S(=O)(=O)O)c2)n1)C(C)O. The molecule has 0 aliphatic rings. The van der Waals surface area contributed by atoms with Crippen LogP contribution in [0.2, 0.25) is 0 Å². The molecule has 28 nitrogen and oxygen atoms in total. The first-order chi connectivity index (χ1) is 33.5. The van der Waals surface area contributed by atoms with Crippen LogP contribution in [-0.2, 0) is 40.3 Å². The van der Waals surface area contributed by atoms with Gasteiger partial charge in [-0.25, -0.2) is 27.1 Å². The third kappa shape index (κ3) is 13.9. The summed E-state index contributed by atoms with van der Waals surface area (Å²) < 4.78 is 119. The van der Waals surface area contributed by atoms with Crippen LogP contribution in [0.5, 0.6) is 0 Å². The molecule has 0 bridgehead atoms. The summed E-state index contributed by atoms with van der Waals surface area (Å²) in [6, 6.07) is 17.3. The van der Waals surface area contributed by atoms with E-state index < -0.39 is 75.0 Å². The van der Waals surface area contributed by atoms with Gasteiger partial charge in [0.05, 0.1) is 9.79 Å². The van der Waals surface area contributed by atoms with Crippen molar-refractivity contribution in [3.63, 3.8) is 0 Å². The average molecular weight is 1080 g/mol. The van der Waals surface area contributed by atoms with Crippen LogP contribution in [0.3, 0.4) is 0 Å². The Morgan fingerprint density at radius 2 is 0.708 bits per heavy atom. The summed E-state index contributed by atoms with van der Waals surface area (Å²) in [7, 11) is -18.1. The first-order valence-corrected chi connectivity index (χ1v) is 26.5. The maximum atomic E-state index is 12.8. The minimum absolute atomic E-state index is 0.0418. The lowest BCUT2D eigenvalue weighted by molar-refractivity contribution is 0.102. The molecule has 14 N–H and O–H groups in total. The molecule has 4 unspecified atom stereocenters. The van der Waals surface area contributed by atoms with Crippen molar-refractivity contribution in [3.8, 4) is 0 Å². The van der Waals surface area contributed by atoms with Gasteiger partial charge in [-0.15, -0.1) is 0 Å².